The van der Waals surface area contributed by atoms with Crippen LogP contribution in [0.5, 0.6) is 0 Å². The van der Waals surface area contributed by atoms with Crippen molar-refractivity contribution < 1.29 is 0 Å². The van der Waals surface area contributed by atoms with Gasteiger partial charge in [-0.2, -0.15) is 0 Å². The van der Waals surface area contributed by atoms with E-state index in [0.29, 0.717) is 16.2 Å². The first-order valence-electron chi connectivity index (χ1n) is 4.27. The molecule has 0 amide bonds. The molecule has 3 N–H and O–H groups in total. The molecule has 1 aliphatic rings. The monoisotopic (exact) mass is 197 g/mol. The third-order valence-corrected chi connectivity index (χ3v) is 3.29. The summed E-state index contributed by atoms with van der Waals surface area (Å²) in [6, 6.07) is 1.30. The van der Waals surface area contributed by atoms with E-state index in [1.54, 1.807) is 11.8 Å². The second-order valence-electron chi connectivity index (χ2n) is 3.15. The fraction of sp³-hybridized carbons (Fsp3) is 0.500. The maximum atomic E-state index is 11.0. The van der Waals surface area contributed by atoms with Gasteiger partial charge in [0.05, 0.1) is 0 Å². The minimum absolute atomic E-state index is 0.172. The van der Waals surface area contributed by atoms with Crippen LogP contribution in [0.2, 0.25) is 0 Å². The molecule has 0 unspecified atom stereocenters. The van der Waals surface area contributed by atoms with Crippen molar-refractivity contribution in [2.24, 2.45) is 0 Å². The van der Waals surface area contributed by atoms with Crippen LogP contribution in [0.4, 0.5) is 5.82 Å². The zero-order chi connectivity index (χ0) is 9.26. The fourth-order valence-corrected chi connectivity index (χ4v) is 2.36. The van der Waals surface area contributed by atoms with E-state index in [2.05, 4.69) is 9.97 Å². The Kier molecular flexibility index (Phi) is 2.26. The molecule has 1 aliphatic carbocycles. The van der Waals surface area contributed by atoms with Crippen molar-refractivity contribution in [2.45, 2.75) is 29.7 Å². The van der Waals surface area contributed by atoms with Crippen molar-refractivity contribution in [3.05, 3.63) is 16.4 Å². The van der Waals surface area contributed by atoms with E-state index in [1.165, 1.54) is 25.3 Å². The third-order valence-electron chi connectivity index (χ3n) is 2.07. The molecule has 0 spiro atoms. The van der Waals surface area contributed by atoms with Crippen LogP contribution in [0, 0.1) is 0 Å². The first-order valence-corrected chi connectivity index (χ1v) is 5.15. The maximum Gasteiger partial charge on any atom is 0.253 e. The molecule has 1 aromatic rings. The van der Waals surface area contributed by atoms with Gasteiger partial charge in [0.25, 0.3) is 5.56 Å². The predicted octanol–water partition coefficient (Wildman–Crippen LogP) is 0.997. The lowest BCUT2D eigenvalue weighted by Gasteiger charge is -2.23. The van der Waals surface area contributed by atoms with Crippen LogP contribution in [0.25, 0.3) is 0 Å². The molecule has 0 atom stereocenters. The van der Waals surface area contributed by atoms with Crippen molar-refractivity contribution in [3.63, 3.8) is 0 Å². The smallest absolute Gasteiger partial charge is 0.253 e. The fourth-order valence-electron chi connectivity index (χ4n) is 1.16. The molecule has 1 saturated carbocycles. The molecule has 1 aromatic heterocycles. The van der Waals surface area contributed by atoms with Crippen LogP contribution in [-0.2, 0) is 0 Å². The third kappa shape index (κ3) is 2.03. The number of rotatable bonds is 2. The summed E-state index contributed by atoms with van der Waals surface area (Å²) < 4.78 is 0. The Labute approximate surface area is 79.9 Å². The van der Waals surface area contributed by atoms with Gasteiger partial charge in [0.15, 0.2) is 5.16 Å². The van der Waals surface area contributed by atoms with E-state index in [-0.39, 0.29) is 5.56 Å². The normalized spacial score (nSPS) is 16.9. The molecule has 1 heterocycles. The van der Waals surface area contributed by atoms with Crippen molar-refractivity contribution >= 4 is 17.6 Å². The van der Waals surface area contributed by atoms with Gasteiger partial charge >= 0.3 is 0 Å². The number of nitrogens with one attached hydrogen (secondary N) is 1. The van der Waals surface area contributed by atoms with Gasteiger partial charge in [0.1, 0.15) is 5.82 Å². The van der Waals surface area contributed by atoms with E-state index in [9.17, 15) is 4.79 Å². The highest BCUT2D eigenvalue weighted by Crippen LogP contribution is 2.34. The van der Waals surface area contributed by atoms with Gasteiger partial charge < -0.3 is 10.7 Å². The molecule has 13 heavy (non-hydrogen) atoms. The Hall–Kier alpha value is -0.970. The van der Waals surface area contributed by atoms with Crippen molar-refractivity contribution in [2.75, 3.05) is 5.73 Å². The van der Waals surface area contributed by atoms with Crippen LogP contribution in [0.3, 0.4) is 0 Å². The molecule has 1 fully saturated rings. The Morgan fingerprint density at radius 1 is 1.62 bits per heavy atom. The van der Waals surface area contributed by atoms with Crippen molar-refractivity contribution in [1.82, 2.24) is 9.97 Å². The summed E-state index contributed by atoms with van der Waals surface area (Å²) in [4.78, 5) is 17.7. The number of thioether (sulfide) groups is 1. The molecule has 5 heteroatoms. The number of H-pyrrole nitrogens is 1. The number of nitrogens with zero attached hydrogens (tertiary/aromatic N) is 1. The minimum atomic E-state index is -0.172. The lowest BCUT2D eigenvalue weighted by atomic mass is 10.0. The lowest BCUT2D eigenvalue weighted by molar-refractivity contribution is 0.521. The summed E-state index contributed by atoms with van der Waals surface area (Å²) in [5.41, 5.74) is 5.28. The van der Waals surface area contributed by atoms with Gasteiger partial charge in [0.2, 0.25) is 0 Å². The summed E-state index contributed by atoms with van der Waals surface area (Å²) >= 11 is 1.61. The highest BCUT2D eigenvalue weighted by atomic mass is 32.2. The molecule has 4 nitrogen and oxygen atoms in total. The first-order chi connectivity index (χ1) is 6.24. The number of hydrogen-bond donors (Lipinski definition) is 2. The molecule has 0 radical (unpaired) electrons. The average Bonchev–Trinajstić information content (AvgIpc) is 1.95. The van der Waals surface area contributed by atoms with E-state index in [1.807, 2.05) is 0 Å². The number of nitrogens with two attached hydrogens (primary N) is 1. The maximum absolute atomic E-state index is 11.0. The van der Waals surface area contributed by atoms with Gasteiger partial charge in [-0.25, -0.2) is 4.98 Å². The summed E-state index contributed by atoms with van der Waals surface area (Å²) in [6.45, 7) is 0. The molecular formula is C8H11N3OS. The summed E-state index contributed by atoms with van der Waals surface area (Å²) in [5.74, 6) is 0.297. The molecule has 0 saturated heterocycles. The van der Waals surface area contributed by atoms with Crippen molar-refractivity contribution in [1.29, 1.82) is 0 Å². The van der Waals surface area contributed by atoms with E-state index >= 15 is 0 Å². The largest absolute Gasteiger partial charge is 0.383 e. The van der Waals surface area contributed by atoms with Gasteiger partial charge in [-0.15, -0.1) is 0 Å². The van der Waals surface area contributed by atoms with Gasteiger partial charge in [-0.1, -0.05) is 18.2 Å². The summed E-state index contributed by atoms with van der Waals surface area (Å²) in [5, 5.41) is 1.26. The number of hydrogen-bond acceptors (Lipinski definition) is 4. The van der Waals surface area contributed by atoms with E-state index < -0.39 is 0 Å². The highest BCUT2D eigenvalue weighted by Gasteiger charge is 2.19. The number of aromatic amines is 1. The minimum Gasteiger partial charge on any atom is -0.383 e. The van der Waals surface area contributed by atoms with Crippen LogP contribution in [-0.4, -0.2) is 15.2 Å². The molecule has 2 rings (SSSR count). The quantitative estimate of drug-likeness (QED) is 0.694. The second-order valence-corrected chi connectivity index (χ2v) is 4.44. The molecule has 0 bridgehead atoms. The highest BCUT2D eigenvalue weighted by molar-refractivity contribution is 7.99. The Balaban J connectivity index is 2.14. The molecule has 0 aromatic carbocycles. The second kappa shape index (κ2) is 3.41. The Bertz CT molecular complexity index is 359. The van der Waals surface area contributed by atoms with Crippen LogP contribution in [0.1, 0.15) is 19.3 Å². The zero-order valence-electron chi connectivity index (χ0n) is 7.12. The van der Waals surface area contributed by atoms with Gasteiger partial charge in [-0.05, 0) is 12.8 Å². The number of nitrogen functional groups attached to an aromatic ring is 1. The predicted molar refractivity (Wildman–Crippen MR) is 52.8 cm³/mol. The average molecular weight is 197 g/mol. The van der Waals surface area contributed by atoms with Gasteiger partial charge in [-0.3, -0.25) is 4.79 Å². The van der Waals surface area contributed by atoms with E-state index in [4.69, 9.17) is 5.73 Å². The number of aromatic nitrogens is 2. The molecule has 70 valence electrons. The lowest BCUT2D eigenvalue weighted by Crippen LogP contribution is -2.16. The Morgan fingerprint density at radius 2 is 2.38 bits per heavy atom. The molecular weight excluding hydrogens is 186 g/mol. The van der Waals surface area contributed by atoms with Crippen LogP contribution in [0.15, 0.2) is 16.0 Å². The Morgan fingerprint density at radius 3 is 2.92 bits per heavy atom. The number of anilines is 1. The van der Waals surface area contributed by atoms with Crippen molar-refractivity contribution in [3.8, 4) is 0 Å². The SMILES string of the molecule is Nc1cc(=O)[nH]c(SC2CCC2)n1. The van der Waals surface area contributed by atoms with Gasteiger partial charge in [0, 0.05) is 11.3 Å². The van der Waals surface area contributed by atoms with Crippen LogP contribution >= 0.6 is 11.8 Å². The van der Waals surface area contributed by atoms with E-state index in [0.717, 1.165) is 0 Å². The summed E-state index contributed by atoms with van der Waals surface area (Å²) in [7, 11) is 0. The zero-order valence-corrected chi connectivity index (χ0v) is 7.93. The topological polar surface area (TPSA) is 71.8 Å². The summed E-state index contributed by atoms with van der Waals surface area (Å²) in [6.07, 6.45) is 3.70. The van der Waals surface area contributed by atoms with Crippen LogP contribution < -0.4 is 11.3 Å². The molecule has 0 aliphatic heterocycles. The first kappa shape index (κ1) is 8.62. The standard InChI is InChI=1S/C8H11N3OS/c9-6-4-7(12)11-8(10-6)13-5-2-1-3-5/h4-5H,1-3H2,(H3,9,10,11,12).